The molecule has 0 unspecified atom stereocenters. The summed E-state index contributed by atoms with van der Waals surface area (Å²) in [5.41, 5.74) is 0.185. The highest BCUT2D eigenvalue weighted by Gasteiger charge is 2.29. The number of hydrogen-bond acceptors (Lipinski definition) is 5. The van der Waals surface area contributed by atoms with Crippen molar-refractivity contribution in [2.75, 3.05) is 32.8 Å². The summed E-state index contributed by atoms with van der Waals surface area (Å²) in [6.07, 6.45) is -0.223. The molecule has 6 heteroatoms. The number of amides is 1. The molecule has 1 heterocycles. The molecule has 0 spiro atoms. The van der Waals surface area contributed by atoms with E-state index in [9.17, 15) is 9.59 Å². The van der Waals surface area contributed by atoms with Crippen LogP contribution in [-0.2, 0) is 20.9 Å². The Morgan fingerprint density at radius 2 is 1.83 bits per heavy atom. The van der Waals surface area contributed by atoms with Gasteiger partial charge in [-0.05, 0) is 19.4 Å². The second-order valence-corrected chi connectivity index (χ2v) is 6.56. The number of nitrogens with zero attached hydrogens (tertiary/aromatic N) is 1. The fourth-order valence-corrected chi connectivity index (χ4v) is 2.57. The molecule has 1 fully saturated rings. The van der Waals surface area contributed by atoms with Crippen molar-refractivity contribution in [1.29, 1.82) is 0 Å². The zero-order valence-corrected chi connectivity index (χ0v) is 14.4. The third-order valence-electron chi connectivity index (χ3n) is 3.74. The number of piperazine rings is 1. The van der Waals surface area contributed by atoms with E-state index in [2.05, 4.69) is 5.32 Å². The fourth-order valence-electron chi connectivity index (χ4n) is 2.57. The molecule has 1 N–H and O–H groups in total. The molecule has 24 heavy (non-hydrogen) atoms. The van der Waals surface area contributed by atoms with Crippen molar-refractivity contribution < 1.29 is 19.1 Å². The molecule has 1 aromatic carbocycles. The van der Waals surface area contributed by atoms with Crippen LogP contribution in [0.15, 0.2) is 30.3 Å². The Hall–Kier alpha value is -1.92. The van der Waals surface area contributed by atoms with Crippen LogP contribution in [0.1, 0.15) is 25.8 Å². The lowest BCUT2D eigenvalue weighted by Gasteiger charge is -2.31. The van der Waals surface area contributed by atoms with Gasteiger partial charge in [0.2, 0.25) is 0 Å². The number of rotatable bonds is 7. The molecule has 0 aliphatic carbocycles. The molecule has 2 rings (SSSR count). The van der Waals surface area contributed by atoms with Gasteiger partial charge in [0.15, 0.2) is 5.78 Å². The summed E-state index contributed by atoms with van der Waals surface area (Å²) in [5.74, 6) is -0.0796. The van der Waals surface area contributed by atoms with Crippen LogP contribution in [0.25, 0.3) is 0 Å². The van der Waals surface area contributed by atoms with Crippen molar-refractivity contribution in [3.8, 4) is 0 Å². The molecule has 1 aliphatic heterocycles. The summed E-state index contributed by atoms with van der Waals surface area (Å²) in [7, 11) is 0. The zero-order valence-electron chi connectivity index (χ0n) is 14.4. The minimum Gasteiger partial charge on any atom is -0.443 e. The Balaban J connectivity index is 1.71. The van der Waals surface area contributed by atoms with Gasteiger partial charge in [-0.15, -0.1) is 0 Å². The first-order valence-electron chi connectivity index (χ1n) is 8.28. The van der Waals surface area contributed by atoms with E-state index in [1.807, 2.05) is 30.3 Å². The summed E-state index contributed by atoms with van der Waals surface area (Å²) < 4.78 is 10.9. The van der Waals surface area contributed by atoms with Crippen molar-refractivity contribution in [2.24, 2.45) is 0 Å². The second-order valence-electron chi connectivity index (χ2n) is 6.56. The third kappa shape index (κ3) is 6.29. The Morgan fingerprint density at radius 1 is 1.17 bits per heavy atom. The highest BCUT2D eigenvalue weighted by atomic mass is 16.6. The van der Waals surface area contributed by atoms with Crippen LogP contribution in [0.4, 0.5) is 4.79 Å². The molecule has 0 saturated carbocycles. The molecule has 6 nitrogen and oxygen atoms in total. The fraction of sp³-hybridized carbons (Fsp3) is 0.556. The van der Waals surface area contributed by atoms with Crippen molar-refractivity contribution in [2.45, 2.75) is 32.5 Å². The predicted octanol–water partition coefficient (Wildman–Crippen LogP) is 1.98. The number of carbonyl (C=O) groups excluding carboxylic acids is 2. The average molecular weight is 334 g/mol. The monoisotopic (exact) mass is 334 g/mol. The average Bonchev–Trinajstić information content (AvgIpc) is 2.55. The Morgan fingerprint density at radius 3 is 2.50 bits per heavy atom. The van der Waals surface area contributed by atoms with Crippen LogP contribution < -0.4 is 5.32 Å². The number of ether oxygens (including phenoxy) is 2. The van der Waals surface area contributed by atoms with Crippen LogP contribution in [-0.4, -0.2) is 55.2 Å². The number of nitrogens with one attached hydrogen (secondary N) is 1. The van der Waals surface area contributed by atoms with Crippen molar-refractivity contribution in [3.05, 3.63) is 35.9 Å². The molecule has 1 aromatic rings. The van der Waals surface area contributed by atoms with Gasteiger partial charge in [0.1, 0.15) is 12.2 Å². The van der Waals surface area contributed by atoms with E-state index in [-0.39, 0.29) is 24.9 Å². The Bertz CT molecular complexity index is 539. The lowest BCUT2D eigenvalue weighted by Crippen LogP contribution is -2.48. The van der Waals surface area contributed by atoms with Crippen molar-refractivity contribution in [3.63, 3.8) is 0 Å². The van der Waals surface area contributed by atoms with Gasteiger partial charge in [0.25, 0.3) is 0 Å². The molecule has 1 saturated heterocycles. The maximum absolute atomic E-state index is 12.1. The highest BCUT2D eigenvalue weighted by Crippen LogP contribution is 2.17. The van der Waals surface area contributed by atoms with Crippen LogP contribution in [0.5, 0.6) is 0 Å². The van der Waals surface area contributed by atoms with E-state index < -0.39 is 5.60 Å². The van der Waals surface area contributed by atoms with Crippen LogP contribution in [0, 0.1) is 0 Å². The number of carbonyl (C=O) groups is 2. The van der Waals surface area contributed by atoms with E-state index >= 15 is 0 Å². The third-order valence-corrected chi connectivity index (χ3v) is 3.74. The number of ketones is 1. The largest absolute Gasteiger partial charge is 0.443 e. The first-order valence-corrected chi connectivity index (χ1v) is 8.28. The van der Waals surface area contributed by atoms with Gasteiger partial charge in [0.05, 0.1) is 6.61 Å². The molecule has 0 aromatic heterocycles. The highest BCUT2D eigenvalue weighted by molar-refractivity contribution is 5.81. The second kappa shape index (κ2) is 8.80. The SMILES string of the molecule is CC(C)(CC(=O)COCc1ccccc1)OC(=O)N1CCNCC1. The predicted molar refractivity (Wildman–Crippen MR) is 90.7 cm³/mol. The number of hydrogen-bond donors (Lipinski definition) is 1. The quantitative estimate of drug-likeness (QED) is 0.826. The lowest BCUT2D eigenvalue weighted by molar-refractivity contribution is -0.128. The van der Waals surface area contributed by atoms with Gasteiger partial charge in [-0.1, -0.05) is 30.3 Å². The summed E-state index contributed by atoms with van der Waals surface area (Å²) in [6.45, 7) is 6.71. The summed E-state index contributed by atoms with van der Waals surface area (Å²) in [5, 5.41) is 3.18. The number of Topliss-reactive ketones (excluding diaryl/α,β-unsaturated/α-hetero) is 1. The summed E-state index contributed by atoms with van der Waals surface area (Å²) >= 11 is 0. The standard InChI is InChI=1S/C18H26N2O4/c1-18(2,24-17(22)20-10-8-19-9-11-20)12-16(21)14-23-13-15-6-4-3-5-7-15/h3-7,19H,8-14H2,1-2H3. The Labute approximate surface area is 143 Å². The van der Waals surface area contributed by atoms with Gasteiger partial charge in [-0.2, -0.15) is 0 Å². The molecule has 0 bridgehead atoms. The Kier molecular flexibility index (Phi) is 6.75. The van der Waals surface area contributed by atoms with Crippen LogP contribution in [0.2, 0.25) is 0 Å². The molecular weight excluding hydrogens is 308 g/mol. The van der Waals surface area contributed by atoms with Gasteiger partial charge in [-0.25, -0.2) is 4.79 Å². The minimum atomic E-state index is -0.838. The van der Waals surface area contributed by atoms with Gasteiger partial charge in [0, 0.05) is 32.6 Å². The first kappa shape index (κ1) is 18.4. The first-order chi connectivity index (χ1) is 11.5. The maximum Gasteiger partial charge on any atom is 0.410 e. The summed E-state index contributed by atoms with van der Waals surface area (Å²) in [6, 6.07) is 9.69. The van der Waals surface area contributed by atoms with Gasteiger partial charge < -0.3 is 19.7 Å². The van der Waals surface area contributed by atoms with Gasteiger partial charge in [-0.3, -0.25) is 4.79 Å². The molecule has 0 atom stereocenters. The van der Waals surface area contributed by atoms with Crippen LogP contribution >= 0.6 is 0 Å². The van der Waals surface area contributed by atoms with E-state index in [4.69, 9.17) is 9.47 Å². The van der Waals surface area contributed by atoms with E-state index in [1.165, 1.54) is 0 Å². The van der Waals surface area contributed by atoms with Crippen molar-refractivity contribution >= 4 is 11.9 Å². The van der Waals surface area contributed by atoms with E-state index in [0.717, 1.165) is 18.7 Å². The summed E-state index contributed by atoms with van der Waals surface area (Å²) in [4.78, 5) is 25.9. The minimum absolute atomic E-state index is 0.0174. The smallest absolute Gasteiger partial charge is 0.410 e. The molecule has 1 aliphatic rings. The van der Waals surface area contributed by atoms with E-state index in [1.54, 1.807) is 18.7 Å². The molecule has 0 radical (unpaired) electrons. The topological polar surface area (TPSA) is 67.9 Å². The molecule has 132 valence electrons. The van der Waals surface area contributed by atoms with Gasteiger partial charge >= 0.3 is 6.09 Å². The maximum atomic E-state index is 12.1. The molecular formula is C18H26N2O4. The van der Waals surface area contributed by atoms with Crippen LogP contribution in [0.3, 0.4) is 0 Å². The lowest BCUT2D eigenvalue weighted by atomic mass is 10.0. The zero-order chi connectivity index (χ0) is 17.4. The van der Waals surface area contributed by atoms with E-state index in [0.29, 0.717) is 19.7 Å². The normalized spacial score (nSPS) is 15.2. The molecule has 1 amide bonds. The van der Waals surface area contributed by atoms with Crippen molar-refractivity contribution in [1.82, 2.24) is 10.2 Å². The number of benzene rings is 1.